The molecule has 1 heterocycles. The molecule has 0 saturated heterocycles. The van der Waals surface area contributed by atoms with E-state index in [2.05, 4.69) is 29.1 Å². The number of methoxy groups -OCH3 is 1. The predicted octanol–water partition coefficient (Wildman–Crippen LogP) is 2.76. The van der Waals surface area contributed by atoms with Crippen molar-refractivity contribution in [1.82, 2.24) is 9.97 Å². The van der Waals surface area contributed by atoms with Gasteiger partial charge >= 0.3 is 0 Å². The Hall–Kier alpha value is -1.20. The lowest BCUT2D eigenvalue weighted by atomic mass is 10.2. The summed E-state index contributed by atoms with van der Waals surface area (Å²) in [5, 5.41) is 3.35. The third kappa shape index (κ3) is 6.82. The number of anilines is 1. The molecule has 0 aliphatic heterocycles. The maximum Gasteiger partial charge on any atom is 0.133 e. The molecule has 0 fully saturated rings. The Balaban J connectivity index is 2.21. The fourth-order valence-electron chi connectivity index (χ4n) is 1.73. The molecule has 0 bridgehead atoms. The number of nitrogens with one attached hydrogen (secondary N) is 1. The summed E-state index contributed by atoms with van der Waals surface area (Å²) in [6.45, 7) is 9.24. The molecule has 5 heteroatoms. The van der Waals surface area contributed by atoms with Gasteiger partial charge < -0.3 is 14.8 Å². The molecule has 1 rings (SSSR count). The van der Waals surface area contributed by atoms with Crippen molar-refractivity contribution in [3.8, 4) is 0 Å². The van der Waals surface area contributed by atoms with Gasteiger partial charge in [-0.15, -0.1) is 0 Å². The highest BCUT2D eigenvalue weighted by molar-refractivity contribution is 5.36. The molecule has 0 aromatic carbocycles. The van der Waals surface area contributed by atoms with Crippen LogP contribution < -0.4 is 5.32 Å². The van der Waals surface area contributed by atoms with Gasteiger partial charge in [-0.1, -0.05) is 13.8 Å². The zero-order chi connectivity index (χ0) is 14.8. The summed E-state index contributed by atoms with van der Waals surface area (Å²) in [6, 6.07) is 1.99. The van der Waals surface area contributed by atoms with E-state index in [1.807, 2.05) is 13.0 Å². The summed E-state index contributed by atoms with van der Waals surface area (Å²) in [5.41, 5.74) is 1.01. The minimum Gasteiger partial charge on any atom is -0.382 e. The van der Waals surface area contributed by atoms with Crippen LogP contribution in [-0.4, -0.2) is 43.4 Å². The quantitative estimate of drug-likeness (QED) is 0.668. The second-order valence-corrected chi connectivity index (χ2v) is 5.15. The molecule has 1 N–H and O–H groups in total. The molecule has 1 aromatic heterocycles. The van der Waals surface area contributed by atoms with Gasteiger partial charge in [0.2, 0.25) is 0 Å². The lowest BCUT2D eigenvalue weighted by Crippen LogP contribution is -2.09. The van der Waals surface area contributed by atoms with Crippen LogP contribution in [-0.2, 0) is 9.47 Å². The van der Waals surface area contributed by atoms with E-state index in [1.165, 1.54) is 0 Å². The standard InChI is InChI=1S/C15H27N3O2/c1-12(2)15-17-13(3)11-14(18-15)16-7-5-6-8-20-10-9-19-4/h11-12H,5-10H2,1-4H3,(H,16,17,18). The van der Waals surface area contributed by atoms with E-state index in [4.69, 9.17) is 9.47 Å². The van der Waals surface area contributed by atoms with Crippen molar-refractivity contribution < 1.29 is 9.47 Å². The second-order valence-electron chi connectivity index (χ2n) is 5.15. The molecule has 0 saturated carbocycles. The van der Waals surface area contributed by atoms with Gasteiger partial charge in [-0.05, 0) is 19.8 Å². The van der Waals surface area contributed by atoms with Crippen molar-refractivity contribution in [3.63, 3.8) is 0 Å². The fourth-order valence-corrected chi connectivity index (χ4v) is 1.73. The van der Waals surface area contributed by atoms with Crippen LogP contribution in [0.5, 0.6) is 0 Å². The number of aromatic nitrogens is 2. The van der Waals surface area contributed by atoms with Crippen molar-refractivity contribution in [1.29, 1.82) is 0 Å². The molecule has 0 atom stereocenters. The zero-order valence-corrected chi connectivity index (χ0v) is 13.1. The van der Waals surface area contributed by atoms with Gasteiger partial charge in [-0.25, -0.2) is 9.97 Å². The number of hydrogen-bond donors (Lipinski definition) is 1. The Bertz CT molecular complexity index is 383. The van der Waals surface area contributed by atoms with Crippen molar-refractivity contribution in [2.45, 2.75) is 39.5 Å². The topological polar surface area (TPSA) is 56.3 Å². The lowest BCUT2D eigenvalue weighted by Gasteiger charge is -2.10. The third-order valence-electron chi connectivity index (χ3n) is 2.84. The van der Waals surface area contributed by atoms with Gasteiger partial charge in [-0.3, -0.25) is 0 Å². The summed E-state index contributed by atoms with van der Waals surface area (Å²) < 4.78 is 10.3. The van der Waals surface area contributed by atoms with Gasteiger partial charge in [-0.2, -0.15) is 0 Å². The van der Waals surface area contributed by atoms with Crippen LogP contribution in [0.25, 0.3) is 0 Å². The Kier molecular flexibility index (Phi) is 8.14. The van der Waals surface area contributed by atoms with Gasteiger partial charge in [0.05, 0.1) is 13.2 Å². The van der Waals surface area contributed by atoms with E-state index in [0.717, 1.165) is 43.3 Å². The number of hydrogen-bond acceptors (Lipinski definition) is 5. The van der Waals surface area contributed by atoms with E-state index < -0.39 is 0 Å². The maximum absolute atomic E-state index is 5.42. The van der Waals surface area contributed by atoms with Crippen LogP contribution >= 0.6 is 0 Å². The molecular weight excluding hydrogens is 254 g/mol. The predicted molar refractivity (Wildman–Crippen MR) is 81.3 cm³/mol. The van der Waals surface area contributed by atoms with Crippen LogP contribution in [0.15, 0.2) is 6.07 Å². The first-order chi connectivity index (χ1) is 9.63. The van der Waals surface area contributed by atoms with Gasteiger partial charge in [0.1, 0.15) is 11.6 Å². The van der Waals surface area contributed by atoms with Gasteiger partial charge in [0.15, 0.2) is 0 Å². The highest BCUT2D eigenvalue weighted by atomic mass is 16.5. The lowest BCUT2D eigenvalue weighted by molar-refractivity contribution is 0.0691. The van der Waals surface area contributed by atoms with Crippen molar-refractivity contribution in [2.75, 3.05) is 38.8 Å². The fraction of sp³-hybridized carbons (Fsp3) is 0.733. The monoisotopic (exact) mass is 281 g/mol. The van der Waals surface area contributed by atoms with Crippen molar-refractivity contribution >= 4 is 5.82 Å². The Labute approximate surface area is 122 Å². The minimum atomic E-state index is 0.352. The summed E-state index contributed by atoms with van der Waals surface area (Å²) in [7, 11) is 1.68. The summed E-state index contributed by atoms with van der Waals surface area (Å²) in [5.74, 6) is 2.17. The van der Waals surface area contributed by atoms with E-state index in [9.17, 15) is 0 Å². The molecule has 0 aliphatic carbocycles. The molecule has 0 amide bonds. The van der Waals surface area contributed by atoms with Crippen LogP contribution in [0.3, 0.4) is 0 Å². The normalized spacial score (nSPS) is 11.1. The van der Waals surface area contributed by atoms with E-state index in [0.29, 0.717) is 19.1 Å². The van der Waals surface area contributed by atoms with Crippen molar-refractivity contribution in [3.05, 3.63) is 17.6 Å². The zero-order valence-electron chi connectivity index (χ0n) is 13.1. The first-order valence-corrected chi connectivity index (χ1v) is 7.29. The second kappa shape index (κ2) is 9.66. The van der Waals surface area contributed by atoms with Crippen LogP contribution in [0.1, 0.15) is 44.1 Å². The maximum atomic E-state index is 5.42. The first kappa shape index (κ1) is 16.9. The molecule has 0 aliphatic rings. The molecule has 0 radical (unpaired) electrons. The minimum absolute atomic E-state index is 0.352. The average Bonchev–Trinajstić information content (AvgIpc) is 2.41. The van der Waals surface area contributed by atoms with E-state index in [1.54, 1.807) is 7.11 Å². The number of unbranched alkanes of at least 4 members (excludes halogenated alkanes) is 1. The number of nitrogens with zero attached hydrogens (tertiary/aromatic N) is 2. The smallest absolute Gasteiger partial charge is 0.133 e. The van der Waals surface area contributed by atoms with Crippen LogP contribution in [0.2, 0.25) is 0 Å². The molecular formula is C15H27N3O2. The molecule has 20 heavy (non-hydrogen) atoms. The number of ether oxygens (including phenoxy) is 2. The van der Waals surface area contributed by atoms with Crippen molar-refractivity contribution in [2.24, 2.45) is 0 Å². The summed E-state index contributed by atoms with van der Waals surface area (Å²) in [6.07, 6.45) is 2.10. The van der Waals surface area contributed by atoms with E-state index in [-0.39, 0.29) is 0 Å². The first-order valence-electron chi connectivity index (χ1n) is 7.29. The SMILES string of the molecule is COCCOCCCCNc1cc(C)nc(C(C)C)n1. The van der Waals surface area contributed by atoms with Gasteiger partial charge in [0.25, 0.3) is 0 Å². The Morgan fingerprint density at radius 3 is 2.65 bits per heavy atom. The summed E-state index contributed by atoms with van der Waals surface area (Å²) >= 11 is 0. The Morgan fingerprint density at radius 2 is 1.95 bits per heavy atom. The van der Waals surface area contributed by atoms with Gasteiger partial charge in [0, 0.05) is 37.9 Å². The largest absolute Gasteiger partial charge is 0.382 e. The third-order valence-corrected chi connectivity index (χ3v) is 2.84. The molecule has 5 nitrogen and oxygen atoms in total. The molecule has 1 aromatic rings. The number of rotatable bonds is 10. The average molecular weight is 281 g/mol. The van der Waals surface area contributed by atoms with Crippen LogP contribution in [0, 0.1) is 6.92 Å². The highest BCUT2D eigenvalue weighted by Crippen LogP contribution is 2.13. The number of aryl methyl sites for hydroxylation is 1. The molecule has 0 spiro atoms. The molecule has 0 unspecified atom stereocenters. The molecule has 114 valence electrons. The van der Waals surface area contributed by atoms with E-state index >= 15 is 0 Å². The summed E-state index contributed by atoms with van der Waals surface area (Å²) in [4.78, 5) is 8.96. The van der Waals surface area contributed by atoms with Crippen LogP contribution in [0.4, 0.5) is 5.82 Å². The Morgan fingerprint density at radius 1 is 1.15 bits per heavy atom. The highest BCUT2D eigenvalue weighted by Gasteiger charge is 2.05.